The Morgan fingerprint density at radius 2 is 2.41 bits per heavy atom. The number of aromatic amines is 1. The molecule has 0 bridgehead atoms. The number of nitrogens with one attached hydrogen (secondary N) is 2. The minimum absolute atomic E-state index is 0.0549. The summed E-state index contributed by atoms with van der Waals surface area (Å²) in [7, 11) is -1.56. The number of sulfonamides is 1. The summed E-state index contributed by atoms with van der Waals surface area (Å²) < 4.78 is 26.5. The van der Waals surface area contributed by atoms with E-state index in [1.54, 1.807) is 11.2 Å². The maximum atomic E-state index is 12.4. The highest BCUT2D eigenvalue weighted by Crippen LogP contribution is 2.26. The fourth-order valence-corrected chi connectivity index (χ4v) is 4.10. The summed E-state index contributed by atoms with van der Waals surface area (Å²) in [5, 5.41) is 9.50. The van der Waals surface area contributed by atoms with Crippen molar-refractivity contribution in [1.82, 2.24) is 19.8 Å². The summed E-state index contributed by atoms with van der Waals surface area (Å²) in [6, 6.07) is 0.0549. The molecule has 0 amide bonds. The van der Waals surface area contributed by atoms with Crippen molar-refractivity contribution in [3.63, 3.8) is 0 Å². The van der Waals surface area contributed by atoms with Gasteiger partial charge in [0.05, 0.1) is 11.9 Å². The lowest BCUT2D eigenvalue weighted by molar-refractivity contribution is 0.379. The molecule has 1 aliphatic heterocycles. The van der Waals surface area contributed by atoms with Gasteiger partial charge in [0.1, 0.15) is 4.90 Å². The highest BCUT2D eigenvalue weighted by molar-refractivity contribution is 7.89. The van der Waals surface area contributed by atoms with E-state index in [-0.39, 0.29) is 6.04 Å². The number of hydrogen-bond donors (Lipinski definition) is 2. The molecule has 1 saturated heterocycles. The molecule has 1 atom stereocenters. The molecule has 1 fully saturated rings. The van der Waals surface area contributed by atoms with Crippen molar-refractivity contribution < 1.29 is 8.42 Å². The molecule has 1 unspecified atom stereocenters. The van der Waals surface area contributed by atoms with Crippen LogP contribution in [0.4, 0.5) is 0 Å². The summed E-state index contributed by atoms with van der Waals surface area (Å²) in [6.45, 7) is 3.01. The van der Waals surface area contributed by atoms with Crippen LogP contribution in [0.3, 0.4) is 0 Å². The summed E-state index contributed by atoms with van der Waals surface area (Å²) in [5.74, 6) is 0. The van der Waals surface area contributed by atoms with E-state index < -0.39 is 10.0 Å². The van der Waals surface area contributed by atoms with Gasteiger partial charge in [-0.15, -0.1) is 0 Å². The molecule has 2 N–H and O–H groups in total. The van der Waals surface area contributed by atoms with Gasteiger partial charge in [0.2, 0.25) is 10.0 Å². The molecule has 0 aromatic carbocycles. The number of H-pyrrole nitrogens is 1. The number of hydrogen-bond acceptors (Lipinski definition) is 4. The van der Waals surface area contributed by atoms with Crippen LogP contribution in [0, 0.1) is 6.92 Å². The van der Waals surface area contributed by atoms with Crippen LogP contribution in [0.1, 0.15) is 18.5 Å². The predicted molar refractivity (Wildman–Crippen MR) is 64.2 cm³/mol. The first-order valence-electron chi connectivity index (χ1n) is 5.73. The summed E-state index contributed by atoms with van der Waals surface area (Å²) in [4.78, 5) is 0.292. The van der Waals surface area contributed by atoms with E-state index in [9.17, 15) is 8.42 Å². The van der Waals surface area contributed by atoms with Crippen LogP contribution in [0.5, 0.6) is 0 Å². The quantitative estimate of drug-likeness (QED) is 0.802. The van der Waals surface area contributed by atoms with E-state index in [1.807, 2.05) is 7.05 Å². The molecule has 1 aromatic heterocycles. The SMILES string of the molecule is CNCC1CCCN1S(=O)(=O)c1cn[nH]c1C. The Balaban J connectivity index is 2.30. The van der Waals surface area contributed by atoms with Crippen molar-refractivity contribution in [2.24, 2.45) is 0 Å². The minimum atomic E-state index is -3.40. The van der Waals surface area contributed by atoms with Crippen LogP contribution >= 0.6 is 0 Å². The van der Waals surface area contributed by atoms with Gasteiger partial charge in [0.15, 0.2) is 0 Å². The zero-order valence-electron chi connectivity index (χ0n) is 10.1. The Morgan fingerprint density at radius 1 is 1.65 bits per heavy atom. The fourth-order valence-electron chi connectivity index (χ4n) is 2.29. The lowest BCUT2D eigenvalue weighted by atomic mass is 10.2. The van der Waals surface area contributed by atoms with Crippen molar-refractivity contribution >= 4 is 10.0 Å². The van der Waals surface area contributed by atoms with Gasteiger partial charge in [-0.3, -0.25) is 5.10 Å². The summed E-state index contributed by atoms with van der Waals surface area (Å²) in [5.41, 5.74) is 0.597. The van der Waals surface area contributed by atoms with Gasteiger partial charge < -0.3 is 5.32 Å². The van der Waals surface area contributed by atoms with Crippen LogP contribution in [-0.4, -0.2) is 49.1 Å². The van der Waals surface area contributed by atoms with E-state index >= 15 is 0 Å². The Bertz CT molecular complexity index is 482. The third-order valence-corrected chi connectivity index (χ3v) is 5.20. The van der Waals surface area contributed by atoms with Crippen molar-refractivity contribution in [2.75, 3.05) is 20.1 Å². The highest BCUT2D eigenvalue weighted by atomic mass is 32.2. The number of rotatable bonds is 4. The third kappa shape index (κ3) is 2.22. The Kier molecular flexibility index (Phi) is 3.50. The first-order chi connectivity index (χ1) is 8.07. The van der Waals surface area contributed by atoms with Crippen LogP contribution in [0.25, 0.3) is 0 Å². The molecule has 0 saturated carbocycles. The van der Waals surface area contributed by atoms with Gasteiger partial charge >= 0.3 is 0 Å². The van der Waals surface area contributed by atoms with Crippen molar-refractivity contribution in [1.29, 1.82) is 0 Å². The normalized spacial score (nSPS) is 22.1. The number of aromatic nitrogens is 2. The molecule has 0 aliphatic carbocycles. The van der Waals surface area contributed by atoms with Crippen molar-refractivity contribution in [3.05, 3.63) is 11.9 Å². The number of likely N-dealkylation sites (N-methyl/N-ethyl adjacent to an activating group) is 1. The van der Waals surface area contributed by atoms with Crippen molar-refractivity contribution in [2.45, 2.75) is 30.7 Å². The molecule has 2 heterocycles. The van der Waals surface area contributed by atoms with Gasteiger partial charge in [-0.2, -0.15) is 9.40 Å². The average molecular weight is 258 g/mol. The second-order valence-corrected chi connectivity index (χ2v) is 6.19. The Labute approximate surface area is 101 Å². The molecule has 1 aromatic rings. The monoisotopic (exact) mass is 258 g/mol. The fraction of sp³-hybridized carbons (Fsp3) is 0.700. The molecule has 6 nitrogen and oxygen atoms in total. The standard InChI is InChI=1S/C10H18N4O2S/c1-8-10(7-12-13-8)17(15,16)14-5-3-4-9(14)6-11-2/h7,9,11H,3-6H2,1-2H3,(H,12,13). The minimum Gasteiger partial charge on any atom is -0.318 e. The second kappa shape index (κ2) is 4.75. The van der Waals surface area contributed by atoms with Gasteiger partial charge in [-0.05, 0) is 26.8 Å². The van der Waals surface area contributed by atoms with E-state index in [0.29, 0.717) is 23.7 Å². The summed E-state index contributed by atoms with van der Waals surface area (Å²) in [6.07, 6.45) is 3.22. The Hall–Kier alpha value is -0.920. The Morgan fingerprint density at radius 3 is 3.00 bits per heavy atom. The van der Waals surface area contributed by atoms with Gasteiger partial charge in [0.25, 0.3) is 0 Å². The molecule has 96 valence electrons. The van der Waals surface area contributed by atoms with Crippen LogP contribution in [0.2, 0.25) is 0 Å². The van der Waals surface area contributed by atoms with E-state index in [2.05, 4.69) is 15.5 Å². The molecule has 2 rings (SSSR count). The summed E-state index contributed by atoms with van der Waals surface area (Å²) >= 11 is 0. The lowest BCUT2D eigenvalue weighted by Crippen LogP contribution is -2.40. The lowest BCUT2D eigenvalue weighted by Gasteiger charge is -2.23. The van der Waals surface area contributed by atoms with Crippen LogP contribution in [-0.2, 0) is 10.0 Å². The maximum absolute atomic E-state index is 12.4. The smallest absolute Gasteiger partial charge is 0.246 e. The van der Waals surface area contributed by atoms with E-state index in [1.165, 1.54) is 6.20 Å². The first kappa shape index (κ1) is 12.5. The van der Waals surface area contributed by atoms with Crippen molar-refractivity contribution in [3.8, 4) is 0 Å². The maximum Gasteiger partial charge on any atom is 0.246 e. The van der Waals surface area contributed by atoms with Gasteiger partial charge in [-0.1, -0.05) is 0 Å². The number of aryl methyl sites for hydroxylation is 1. The third-order valence-electron chi connectivity index (χ3n) is 3.13. The van der Waals surface area contributed by atoms with Gasteiger partial charge in [-0.25, -0.2) is 8.42 Å². The zero-order chi connectivity index (χ0) is 12.5. The van der Waals surface area contributed by atoms with Gasteiger partial charge in [0, 0.05) is 19.1 Å². The largest absolute Gasteiger partial charge is 0.318 e. The highest BCUT2D eigenvalue weighted by Gasteiger charge is 2.36. The topological polar surface area (TPSA) is 78.1 Å². The molecular formula is C10H18N4O2S. The number of nitrogens with zero attached hydrogens (tertiary/aromatic N) is 2. The molecular weight excluding hydrogens is 240 g/mol. The average Bonchev–Trinajstić information content (AvgIpc) is 2.87. The molecule has 7 heteroatoms. The molecule has 0 spiro atoms. The second-order valence-electron chi connectivity index (χ2n) is 4.33. The predicted octanol–water partition coefficient (Wildman–Crippen LogP) is 0.0906. The van der Waals surface area contributed by atoms with Crippen LogP contribution in [0.15, 0.2) is 11.1 Å². The molecule has 1 aliphatic rings. The molecule has 17 heavy (non-hydrogen) atoms. The van der Waals surface area contributed by atoms with E-state index in [4.69, 9.17) is 0 Å². The van der Waals surface area contributed by atoms with E-state index in [0.717, 1.165) is 12.8 Å². The van der Waals surface area contributed by atoms with Crippen LogP contribution < -0.4 is 5.32 Å². The zero-order valence-corrected chi connectivity index (χ0v) is 10.9. The molecule has 0 radical (unpaired) electrons. The first-order valence-corrected chi connectivity index (χ1v) is 7.18.